The van der Waals surface area contributed by atoms with Crippen molar-refractivity contribution < 1.29 is 0 Å². The van der Waals surface area contributed by atoms with Crippen molar-refractivity contribution >= 4 is 0 Å². The van der Waals surface area contributed by atoms with E-state index in [-0.39, 0.29) is 0 Å². The van der Waals surface area contributed by atoms with Crippen LogP contribution >= 0.6 is 0 Å². The smallest absolute Gasteiger partial charge is 0.0389 e. The van der Waals surface area contributed by atoms with Crippen LogP contribution in [0.5, 0.6) is 0 Å². The van der Waals surface area contributed by atoms with Gasteiger partial charge in [0.2, 0.25) is 0 Å². The van der Waals surface area contributed by atoms with Gasteiger partial charge in [-0.3, -0.25) is 0 Å². The zero-order valence-electron chi connectivity index (χ0n) is 11.3. The topological polar surface area (TPSA) is 0 Å². The molecule has 0 aromatic carbocycles. The van der Waals surface area contributed by atoms with E-state index in [1.165, 1.54) is 12.8 Å². The molecule has 0 heterocycles. The zero-order chi connectivity index (χ0) is 11.3. The lowest BCUT2D eigenvalue weighted by Crippen LogP contribution is -2.23. The molecular weight excluding hydrogens is 168 g/mol. The maximum absolute atomic E-state index is 2.43. The van der Waals surface area contributed by atoms with E-state index in [9.17, 15) is 0 Å². The molecule has 0 aliphatic rings. The standard InChI is InChI=1S/C14H30/c1-8-11(4)13(6)14(7)12(5)9-10(2)3/h10-14H,8-9H2,1-7H3/t11-,12+,13-,14+/m1/s1. The summed E-state index contributed by atoms with van der Waals surface area (Å²) in [6.45, 7) is 16.6. The summed E-state index contributed by atoms with van der Waals surface area (Å²) in [5, 5.41) is 0. The van der Waals surface area contributed by atoms with Gasteiger partial charge in [0.25, 0.3) is 0 Å². The van der Waals surface area contributed by atoms with Gasteiger partial charge in [0.15, 0.2) is 0 Å². The van der Waals surface area contributed by atoms with Gasteiger partial charge in [0, 0.05) is 0 Å². The molecule has 0 aliphatic heterocycles. The lowest BCUT2D eigenvalue weighted by molar-refractivity contribution is 0.189. The van der Waals surface area contributed by atoms with Crippen molar-refractivity contribution in [2.75, 3.05) is 0 Å². The largest absolute Gasteiger partial charge is 0.0651 e. The second-order valence-electron chi connectivity index (χ2n) is 5.71. The fourth-order valence-electron chi connectivity index (χ4n) is 2.37. The molecule has 0 radical (unpaired) electrons. The van der Waals surface area contributed by atoms with Crippen LogP contribution in [0.3, 0.4) is 0 Å². The van der Waals surface area contributed by atoms with Crippen molar-refractivity contribution in [3.8, 4) is 0 Å². The van der Waals surface area contributed by atoms with Crippen LogP contribution in [-0.2, 0) is 0 Å². The lowest BCUT2D eigenvalue weighted by Gasteiger charge is -2.31. The normalized spacial score (nSPS) is 20.6. The number of hydrogen-bond acceptors (Lipinski definition) is 0. The van der Waals surface area contributed by atoms with Gasteiger partial charge < -0.3 is 0 Å². The fourth-order valence-corrected chi connectivity index (χ4v) is 2.37. The molecule has 0 bridgehead atoms. The molecule has 0 rings (SSSR count). The highest BCUT2D eigenvalue weighted by Crippen LogP contribution is 2.31. The Morgan fingerprint density at radius 2 is 1.14 bits per heavy atom. The molecule has 0 fully saturated rings. The average Bonchev–Trinajstić information content (AvgIpc) is 2.13. The van der Waals surface area contributed by atoms with Crippen LogP contribution in [0.1, 0.15) is 61.3 Å². The zero-order valence-corrected chi connectivity index (χ0v) is 11.3. The summed E-state index contributed by atoms with van der Waals surface area (Å²) < 4.78 is 0. The highest BCUT2D eigenvalue weighted by atomic mass is 14.3. The summed E-state index contributed by atoms with van der Waals surface area (Å²) in [7, 11) is 0. The molecule has 0 heteroatoms. The monoisotopic (exact) mass is 198 g/mol. The third-order valence-electron chi connectivity index (χ3n) is 4.11. The lowest BCUT2D eigenvalue weighted by atomic mass is 9.75. The molecular formula is C14H30. The quantitative estimate of drug-likeness (QED) is 0.564. The molecule has 0 saturated heterocycles. The minimum atomic E-state index is 0.844. The summed E-state index contributed by atoms with van der Waals surface area (Å²) in [5.41, 5.74) is 0. The first-order valence-electron chi connectivity index (χ1n) is 6.40. The summed E-state index contributed by atoms with van der Waals surface area (Å²) in [6.07, 6.45) is 2.70. The van der Waals surface area contributed by atoms with Gasteiger partial charge in [0.1, 0.15) is 0 Å². The summed E-state index contributed by atoms with van der Waals surface area (Å²) in [5.74, 6) is 4.33. The molecule has 86 valence electrons. The average molecular weight is 198 g/mol. The molecule has 0 spiro atoms. The van der Waals surface area contributed by atoms with Crippen molar-refractivity contribution in [3.63, 3.8) is 0 Å². The minimum Gasteiger partial charge on any atom is -0.0651 e. The number of rotatable bonds is 6. The van der Waals surface area contributed by atoms with Gasteiger partial charge in [-0.15, -0.1) is 0 Å². The predicted molar refractivity (Wildman–Crippen MR) is 66.4 cm³/mol. The molecule has 14 heavy (non-hydrogen) atoms. The third kappa shape index (κ3) is 4.48. The molecule has 0 unspecified atom stereocenters. The second kappa shape index (κ2) is 6.48. The summed E-state index contributed by atoms with van der Waals surface area (Å²) >= 11 is 0. The van der Waals surface area contributed by atoms with Crippen LogP contribution in [0.4, 0.5) is 0 Å². The molecule has 0 aromatic rings. The maximum atomic E-state index is 2.43. The van der Waals surface area contributed by atoms with Crippen molar-refractivity contribution in [1.29, 1.82) is 0 Å². The Hall–Kier alpha value is 0. The van der Waals surface area contributed by atoms with Crippen molar-refractivity contribution in [2.24, 2.45) is 29.6 Å². The van der Waals surface area contributed by atoms with E-state index in [1.807, 2.05) is 0 Å². The second-order valence-corrected chi connectivity index (χ2v) is 5.71. The van der Waals surface area contributed by atoms with E-state index in [4.69, 9.17) is 0 Å². The first-order valence-corrected chi connectivity index (χ1v) is 6.40. The maximum Gasteiger partial charge on any atom is -0.0389 e. The van der Waals surface area contributed by atoms with Crippen molar-refractivity contribution in [2.45, 2.75) is 61.3 Å². The van der Waals surface area contributed by atoms with Crippen molar-refractivity contribution in [3.05, 3.63) is 0 Å². The molecule has 4 atom stereocenters. The first-order chi connectivity index (χ1) is 6.40. The van der Waals surface area contributed by atoms with E-state index >= 15 is 0 Å². The van der Waals surface area contributed by atoms with Gasteiger partial charge in [-0.25, -0.2) is 0 Å². The summed E-state index contributed by atoms with van der Waals surface area (Å²) in [4.78, 5) is 0. The fraction of sp³-hybridized carbons (Fsp3) is 1.00. The molecule has 0 saturated carbocycles. The highest BCUT2D eigenvalue weighted by molar-refractivity contribution is 4.72. The van der Waals surface area contributed by atoms with E-state index in [0.29, 0.717) is 0 Å². The van der Waals surface area contributed by atoms with Gasteiger partial charge in [-0.2, -0.15) is 0 Å². The Kier molecular flexibility index (Phi) is 6.48. The van der Waals surface area contributed by atoms with Gasteiger partial charge in [-0.1, -0.05) is 54.9 Å². The van der Waals surface area contributed by atoms with Gasteiger partial charge in [-0.05, 0) is 36.0 Å². The Bertz CT molecular complexity index is 137. The first kappa shape index (κ1) is 14.0. The number of hydrogen-bond donors (Lipinski definition) is 0. The van der Waals surface area contributed by atoms with Crippen LogP contribution in [0.2, 0.25) is 0 Å². The Morgan fingerprint density at radius 1 is 0.714 bits per heavy atom. The van der Waals surface area contributed by atoms with Crippen molar-refractivity contribution in [1.82, 2.24) is 0 Å². The van der Waals surface area contributed by atoms with E-state index < -0.39 is 0 Å². The van der Waals surface area contributed by atoms with E-state index in [1.54, 1.807) is 0 Å². The van der Waals surface area contributed by atoms with E-state index in [2.05, 4.69) is 48.5 Å². The minimum absolute atomic E-state index is 0.844. The molecule has 0 N–H and O–H groups in total. The van der Waals surface area contributed by atoms with Crippen LogP contribution in [0, 0.1) is 29.6 Å². The van der Waals surface area contributed by atoms with Crippen LogP contribution in [-0.4, -0.2) is 0 Å². The third-order valence-corrected chi connectivity index (χ3v) is 4.11. The summed E-state index contributed by atoms with van der Waals surface area (Å²) in [6, 6.07) is 0. The Morgan fingerprint density at radius 3 is 1.50 bits per heavy atom. The van der Waals surface area contributed by atoms with Crippen LogP contribution < -0.4 is 0 Å². The molecule has 0 aromatic heterocycles. The van der Waals surface area contributed by atoms with Crippen LogP contribution in [0.25, 0.3) is 0 Å². The van der Waals surface area contributed by atoms with Gasteiger partial charge >= 0.3 is 0 Å². The van der Waals surface area contributed by atoms with Crippen LogP contribution in [0.15, 0.2) is 0 Å². The highest BCUT2D eigenvalue weighted by Gasteiger charge is 2.23. The molecule has 0 amide bonds. The predicted octanol–water partition coefficient (Wildman–Crippen LogP) is 4.99. The molecule has 0 aliphatic carbocycles. The SMILES string of the molecule is CC[C@@H](C)[C@@H](C)[C@@H](C)[C@@H](C)CC(C)C. The van der Waals surface area contributed by atoms with Gasteiger partial charge in [0.05, 0.1) is 0 Å². The Balaban J connectivity index is 4.09. The Labute approximate surface area is 91.5 Å². The molecule has 0 nitrogen and oxygen atoms in total. The van der Waals surface area contributed by atoms with E-state index in [0.717, 1.165) is 29.6 Å².